The molecule has 0 saturated carbocycles. The van der Waals surface area contributed by atoms with Gasteiger partial charge in [-0.15, -0.1) is 0 Å². The van der Waals surface area contributed by atoms with Crippen molar-refractivity contribution < 1.29 is 14.3 Å². The first kappa shape index (κ1) is 17.4. The predicted molar refractivity (Wildman–Crippen MR) is 98.1 cm³/mol. The van der Waals surface area contributed by atoms with E-state index in [0.717, 1.165) is 11.1 Å². The van der Waals surface area contributed by atoms with Gasteiger partial charge in [-0.25, -0.2) is 0 Å². The van der Waals surface area contributed by atoms with Gasteiger partial charge in [0.1, 0.15) is 5.75 Å². The Labute approximate surface area is 151 Å². The fourth-order valence-electron chi connectivity index (χ4n) is 2.50. The summed E-state index contributed by atoms with van der Waals surface area (Å²) in [7, 11) is 1.75. The summed E-state index contributed by atoms with van der Waals surface area (Å²) in [5, 5.41) is 6.73. The second-order valence-corrected chi connectivity index (χ2v) is 6.02. The fourth-order valence-corrected chi connectivity index (χ4v) is 2.50. The summed E-state index contributed by atoms with van der Waals surface area (Å²) in [5.74, 6) is -0.146. The van der Waals surface area contributed by atoms with E-state index in [1.807, 2.05) is 31.2 Å². The van der Waals surface area contributed by atoms with Crippen molar-refractivity contribution in [3.05, 3.63) is 77.6 Å². The van der Waals surface area contributed by atoms with Crippen molar-refractivity contribution >= 4 is 17.6 Å². The lowest BCUT2D eigenvalue weighted by atomic mass is 10.1. The Bertz CT molecular complexity index is 929. The van der Waals surface area contributed by atoms with Crippen molar-refractivity contribution in [3.8, 4) is 5.75 Å². The number of hydrogen-bond acceptors (Lipinski definition) is 4. The maximum absolute atomic E-state index is 12.1. The lowest BCUT2D eigenvalue weighted by Gasteiger charge is -2.07. The average molecular weight is 349 g/mol. The number of esters is 1. The predicted octanol–water partition coefficient (Wildman–Crippen LogP) is 3.13. The minimum Gasteiger partial charge on any atom is -0.426 e. The normalized spacial score (nSPS) is 10.4. The third kappa shape index (κ3) is 4.57. The van der Waals surface area contributed by atoms with Crippen LogP contribution < -0.4 is 10.1 Å². The largest absolute Gasteiger partial charge is 0.426 e. The number of nitrogens with one attached hydrogen (secondary N) is 1. The molecular weight excluding hydrogens is 330 g/mol. The van der Waals surface area contributed by atoms with E-state index in [2.05, 4.69) is 10.4 Å². The molecule has 0 saturated heterocycles. The molecule has 1 heterocycles. The van der Waals surface area contributed by atoms with Gasteiger partial charge < -0.3 is 10.1 Å². The highest BCUT2D eigenvalue weighted by Gasteiger charge is 2.09. The van der Waals surface area contributed by atoms with Crippen molar-refractivity contribution in [2.45, 2.75) is 13.3 Å². The number of anilines is 1. The van der Waals surface area contributed by atoms with E-state index in [4.69, 9.17) is 4.74 Å². The summed E-state index contributed by atoms with van der Waals surface area (Å²) in [5.41, 5.74) is 3.10. The highest BCUT2D eigenvalue weighted by atomic mass is 16.5. The third-order valence-corrected chi connectivity index (χ3v) is 3.74. The van der Waals surface area contributed by atoms with Gasteiger partial charge in [0.25, 0.3) is 5.91 Å². The molecule has 0 spiro atoms. The van der Waals surface area contributed by atoms with Gasteiger partial charge in [-0.2, -0.15) is 5.10 Å². The molecular formula is C20H19N3O3. The molecule has 6 nitrogen and oxygen atoms in total. The molecule has 0 unspecified atom stereocenters. The van der Waals surface area contributed by atoms with Crippen LogP contribution in [0.4, 0.5) is 5.69 Å². The van der Waals surface area contributed by atoms with E-state index in [0.29, 0.717) is 17.0 Å². The number of amides is 1. The van der Waals surface area contributed by atoms with Crippen LogP contribution >= 0.6 is 0 Å². The van der Waals surface area contributed by atoms with Crippen LogP contribution in [0.5, 0.6) is 5.75 Å². The molecule has 0 radical (unpaired) electrons. The van der Waals surface area contributed by atoms with Crippen LogP contribution in [0.25, 0.3) is 0 Å². The Balaban J connectivity index is 1.57. The lowest BCUT2D eigenvalue weighted by Crippen LogP contribution is -2.12. The molecule has 6 heteroatoms. The quantitative estimate of drug-likeness (QED) is 0.567. The van der Waals surface area contributed by atoms with Gasteiger partial charge in [0.15, 0.2) is 0 Å². The highest BCUT2D eigenvalue weighted by Crippen LogP contribution is 2.17. The molecule has 0 atom stereocenters. The first-order valence-electron chi connectivity index (χ1n) is 8.16. The van der Waals surface area contributed by atoms with E-state index in [1.165, 1.54) is 6.20 Å². The average Bonchev–Trinajstić information content (AvgIpc) is 3.03. The molecule has 1 N–H and O–H groups in total. The van der Waals surface area contributed by atoms with Crippen molar-refractivity contribution in [1.82, 2.24) is 9.78 Å². The number of rotatable bonds is 5. The minimum absolute atomic E-state index is 0.209. The van der Waals surface area contributed by atoms with Crippen LogP contribution in [0.15, 0.2) is 60.9 Å². The number of benzene rings is 2. The molecule has 26 heavy (non-hydrogen) atoms. The molecule has 1 amide bonds. The maximum atomic E-state index is 12.1. The van der Waals surface area contributed by atoms with E-state index < -0.39 is 0 Å². The summed E-state index contributed by atoms with van der Waals surface area (Å²) >= 11 is 0. The molecule has 0 aliphatic rings. The SMILES string of the molecule is Cc1cccc(CC(=O)Oc2ccc(NC(=O)c3cnn(C)c3)cc2)c1. The molecule has 3 rings (SSSR count). The molecule has 0 bridgehead atoms. The summed E-state index contributed by atoms with van der Waals surface area (Å²) in [6.07, 6.45) is 3.34. The summed E-state index contributed by atoms with van der Waals surface area (Å²) in [6.45, 7) is 1.98. The van der Waals surface area contributed by atoms with Gasteiger partial charge in [0, 0.05) is 18.9 Å². The van der Waals surface area contributed by atoms with Gasteiger partial charge in [0.05, 0.1) is 18.2 Å². The smallest absolute Gasteiger partial charge is 0.315 e. The number of aryl methyl sites for hydroxylation is 2. The number of nitrogens with zero attached hydrogens (tertiary/aromatic N) is 2. The van der Waals surface area contributed by atoms with E-state index in [9.17, 15) is 9.59 Å². The van der Waals surface area contributed by atoms with Gasteiger partial charge in [-0.1, -0.05) is 29.8 Å². The second-order valence-electron chi connectivity index (χ2n) is 6.02. The number of aromatic nitrogens is 2. The Hall–Kier alpha value is -3.41. The van der Waals surface area contributed by atoms with Crippen LogP contribution in [-0.4, -0.2) is 21.7 Å². The third-order valence-electron chi connectivity index (χ3n) is 3.74. The van der Waals surface area contributed by atoms with Crippen LogP contribution in [-0.2, 0) is 18.3 Å². The molecule has 132 valence electrons. The zero-order chi connectivity index (χ0) is 18.5. The molecule has 1 aromatic heterocycles. The topological polar surface area (TPSA) is 73.2 Å². The van der Waals surface area contributed by atoms with Crippen molar-refractivity contribution in [2.24, 2.45) is 7.05 Å². The maximum Gasteiger partial charge on any atom is 0.315 e. The Morgan fingerprint density at radius 1 is 1.15 bits per heavy atom. The zero-order valence-electron chi connectivity index (χ0n) is 14.6. The monoisotopic (exact) mass is 349 g/mol. The number of carbonyl (C=O) groups is 2. The number of ether oxygens (including phenoxy) is 1. The van der Waals surface area contributed by atoms with Gasteiger partial charge in [0.2, 0.25) is 0 Å². The van der Waals surface area contributed by atoms with Gasteiger partial charge in [-0.05, 0) is 36.8 Å². The highest BCUT2D eigenvalue weighted by molar-refractivity contribution is 6.03. The molecule has 0 aliphatic carbocycles. The van der Waals surface area contributed by atoms with E-state index in [-0.39, 0.29) is 18.3 Å². The summed E-state index contributed by atoms with van der Waals surface area (Å²) in [4.78, 5) is 24.1. The minimum atomic E-state index is -0.331. The lowest BCUT2D eigenvalue weighted by molar-refractivity contribution is -0.133. The number of carbonyl (C=O) groups excluding carboxylic acids is 2. The van der Waals surface area contributed by atoms with E-state index >= 15 is 0 Å². The zero-order valence-corrected chi connectivity index (χ0v) is 14.6. The first-order chi connectivity index (χ1) is 12.5. The Morgan fingerprint density at radius 2 is 1.92 bits per heavy atom. The van der Waals surface area contributed by atoms with Crippen molar-refractivity contribution in [3.63, 3.8) is 0 Å². The fraction of sp³-hybridized carbons (Fsp3) is 0.150. The van der Waals surface area contributed by atoms with Crippen LogP contribution in [0.1, 0.15) is 21.5 Å². The van der Waals surface area contributed by atoms with Gasteiger partial charge in [-0.3, -0.25) is 14.3 Å². The van der Waals surface area contributed by atoms with Crippen LogP contribution in [0.2, 0.25) is 0 Å². The van der Waals surface area contributed by atoms with Crippen LogP contribution in [0, 0.1) is 6.92 Å². The number of hydrogen-bond donors (Lipinski definition) is 1. The van der Waals surface area contributed by atoms with Crippen LogP contribution in [0.3, 0.4) is 0 Å². The van der Waals surface area contributed by atoms with Gasteiger partial charge >= 0.3 is 5.97 Å². The van der Waals surface area contributed by atoms with E-state index in [1.54, 1.807) is 42.2 Å². The molecule has 0 aliphatic heterocycles. The van der Waals surface area contributed by atoms with Crippen molar-refractivity contribution in [2.75, 3.05) is 5.32 Å². The molecule has 3 aromatic rings. The molecule has 0 fully saturated rings. The summed E-state index contributed by atoms with van der Waals surface area (Å²) in [6, 6.07) is 14.4. The standard InChI is InChI=1S/C20H19N3O3/c1-14-4-3-5-15(10-14)11-19(24)26-18-8-6-17(7-9-18)22-20(25)16-12-21-23(2)13-16/h3-10,12-13H,11H2,1-2H3,(H,22,25). The Morgan fingerprint density at radius 3 is 2.58 bits per heavy atom. The second kappa shape index (κ2) is 7.65. The van der Waals surface area contributed by atoms with Crippen molar-refractivity contribution in [1.29, 1.82) is 0 Å². The first-order valence-corrected chi connectivity index (χ1v) is 8.16. The molecule has 2 aromatic carbocycles. The summed E-state index contributed by atoms with van der Waals surface area (Å²) < 4.78 is 6.90. The Kier molecular flexibility index (Phi) is 5.12.